The van der Waals surface area contributed by atoms with Gasteiger partial charge in [-0.1, -0.05) is 6.07 Å². The number of nitrogens with zero attached hydrogens (tertiary/aromatic N) is 2. The molecule has 5 heteroatoms. The number of carbonyl (C=O) groups excluding carboxylic acids is 1. The fourth-order valence-electron chi connectivity index (χ4n) is 2.04. The molecule has 0 bridgehead atoms. The highest BCUT2D eigenvalue weighted by molar-refractivity contribution is 5.92. The third-order valence-electron chi connectivity index (χ3n) is 3.13. The number of likely N-dealkylation sites (N-methyl/N-ethyl adjacent to an activating group) is 1. The molecule has 1 aromatic rings. The number of aromatic nitrogens is 1. The Kier molecular flexibility index (Phi) is 4.28. The molecule has 1 aromatic heterocycles. The molecule has 0 spiro atoms. The quantitative estimate of drug-likeness (QED) is 0.856. The van der Waals surface area contributed by atoms with Crippen molar-refractivity contribution < 1.29 is 9.53 Å². The Bertz CT molecular complexity index is 399. The monoisotopic (exact) mass is 249 g/mol. The van der Waals surface area contributed by atoms with Gasteiger partial charge < -0.3 is 15.4 Å². The van der Waals surface area contributed by atoms with Gasteiger partial charge in [0.25, 0.3) is 5.91 Å². The van der Waals surface area contributed by atoms with Crippen molar-refractivity contribution in [3.8, 4) is 0 Å². The van der Waals surface area contributed by atoms with Crippen LogP contribution in [0.3, 0.4) is 0 Å². The smallest absolute Gasteiger partial charge is 0.272 e. The lowest BCUT2D eigenvalue weighted by atomic mass is 10.2. The standard InChI is InChI=1S/C13H19N3O2/c1-16(9-11-3-2-6-18-11)13(17)12-5-4-10(7-14)8-15-12/h4-5,8,11H,2-3,6-7,9,14H2,1H3. The maximum absolute atomic E-state index is 12.1. The van der Waals surface area contributed by atoms with Gasteiger partial charge in [-0.25, -0.2) is 0 Å². The summed E-state index contributed by atoms with van der Waals surface area (Å²) in [5, 5.41) is 0. The van der Waals surface area contributed by atoms with E-state index in [4.69, 9.17) is 10.5 Å². The van der Waals surface area contributed by atoms with Gasteiger partial charge in [0.2, 0.25) is 0 Å². The highest BCUT2D eigenvalue weighted by Gasteiger charge is 2.21. The Hall–Kier alpha value is -1.46. The molecule has 18 heavy (non-hydrogen) atoms. The van der Waals surface area contributed by atoms with Crippen molar-refractivity contribution in [2.75, 3.05) is 20.2 Å². The minimum Gasteiger partial charge on any atom is -0.376 e. The molecule has 2 heterocycles. The van der Waals surface area contributed by atoms with Gasteiger partial charge in [0.05, 0.1) is 6.10 Å². The van der Waals surface area contributed by atoms with Crippen LogP contribution in [0.4, 0.5) is 0 Å². The molecule has 2 N–H and O–H groups in total. The lowest BCUT2D eigenvalue weighted by Crippen LogP contribution is -2.34. The minimum absolute atomic E-state index is 0.0749. The van der Waals surface area contributed by atoms with Crippen LogP contribution in [0.1, 0.15) is 28.9 Å². The summed E-state index contributed by atoms with van der Waals surface area (Å²) in [6.07, 6.45) is 3.92. The van der Waals surface area contributed by atoms with Crippen LogP contribution in [0.5, 0.6) is 0 Å². The van der Waals surface area contributed by atoms with Crippen LogP contribution >= 0.6 is 0 Å². The predicted molar refractivity (Wildman–Crippen MR) is 68.1 cm³/mol. The molecule has 1 aliphatic heterocycles. The second kappa shape index (κ2) is 5.93. The molecular weight excluding hydrogens is 230 g/mol. The summed E-state index contributed by atoms with van der Waals surface area (Å²) in [7, 11) is 1.78. The van der Waals surface area contributed by atoms with E-state index in [9.17, 15) is 4.79 Å². The van der Waals surface area contributed by atoms with Gasteiger partial charge in [-0.05, 0) is 24.5 Å². The van der Waals surface area contributed by atoms with E-state index in [2.05, 4.69) is 4.98 Å². The first-order valence-electron chi connectivity index (χ1n) is 6.23. The van der Waals surface area contributed by atoms with Crippen molar-refractivity contribution >= 4 is 5.91 Å². The van der Waals surface area contributed by atoms with Crippen molar-refractivity contribution in [2.24, 2.45) is 5.73 Å². The van der Waals surface area contributed by atoms with Gasteiger partial charge in [0, 0.05) is 32.9 Å². The maximum atomic E-state index is 12.1. The van der Waals surface area contributed by atoms with Crippen molar-refractivity contribution in [1.82, 2.24) is 9.88 Å². The number of ether oxygens (including phenoxy) is 1. The predicted octanol–water partition coefficient (Wildman–Crippen LogP) is 0.791. The molecule has 5 nitrogen and oxygen atoms in total. The van der Waals surface area contributed by atoms with Crippen LogP contribution in [0.2, 0.25) is 0 Å². The zero-order valence-corrected chi connectivity index (χ0v) is 10.6. The summed E-state index contributed by atoms with van der Waals surface area (Å²) < 4.78 is 5.52. The summed E-state index contributed by atoms with van der Waals surface area (Å²) in [4.78, 5) is 17.9. The van der Waals surface area contributed by atoms with E-state index in [-0.39, 0.29) is 12.0 Å². The molecular formula is C13H19N3O2. The van der Waals surface area contributed by atoms with E-state index in [1.807, 2.05) is 6.07 Å². The lowest BCUT2D eigenvalue weighted by molar-refractivity contribution is 0.0582. The highest BCUT2D eigenvalue weighted by Crippen LogP contribution is 2.13. The number of pyridine rings is 1. The van der Waals surface area contributed by atoms with Gasteiger partial charge in [0.15, 0.2) is 0 Å². The van der Waals surface area contributed by atoms with E-state index in [0.717, 1.165) is 25.0 Å². The molecule has 1 unspecified atom stereocenters. The summed E-state index contributed by atoms with van der Waals surface area (Å²) in [6, 6.07) is 3.55. The van der Waals surface area contributed by atoms with E-state index < -0.39 is 0 Å². The number of hydrogen-bond donors (Lipinski definition) is 1. The van der Waals surface area contributed by atoms with Gasteiger partial charge in [0.1, 0.15) is 5.69 Å². The van der Waals surface area contributed by atoms with Crippen molar-refractivity contribution in [2.45, 2.75) is 25.5 Å². The molecule has 1 atom stereocenters. The summed E-state index contributed by atoms with van der Waals surface area (Å²) in [6.45, 7) is 1.86. The van der Waals surface area contributed by atoms with Crippen molar-refractivity contribution in [3.63, 3.8) is 0 Å². The Morgan fingerprint density at radius 2 is 2.44 bits per heavy atom. The molecule has 0 aliphatic carbocycles. The Morgan fingerprint density at radius 3 is 3.00 bits per heavy atom. The van der Waals surface area contributed by atoms with Crippen molar-refractivity contribution in [1.29, 1.82) is 0 Å². The average Bonchev–Trinajstić information content (AvgIpc) is 2.91. The summed E-state index contributed by atoms with van der Waals surface area (Å²) in [5.74, 6) is -0.0749. The molecule has 98 valence electrons. The number of amides is 1. The van der Waals surface area contributed by atoms with E-state index in [1.165, 1.54) is 0 Å². The van der Waals surface area contributed by atoms with E-state index in [0.29, 0.717) is 18.8 Å². The lowest BCUT2D eigenvalue weighted by Gasteiger charge is -2.20. The highest BCUT2D eigenvalue weighted by atomic mass is 16.5. The second-order valence-electron chi connectivity index (χ2n) is 4.58. The first kappa shape index (κ1) is 13.0. The summed E-state index contributed by atoms with van der Waals surface area (Å²) in [5.41, 5.74) is 6.87. The Morgan fingerprint density at radius 1 is 1.61 bits per heavy atom. The zero-order chi connectivity index (χ0) is 13.0. The Balaban J connectivity index is 1.95. The van der Waals surface area contributed by atoms with Gasteiger partial charge in [-0.2, -0.15) is 0 Å². The minimum atomic E-state index is -0.0749. The first-order valence-corrected chi connectivity index (χ1v) is 6.23. The van der Waals surface area contributed by atoms with Gasteiger partial charge in [-0.15, -0.1) is 0 Å². The molecule has 1 saturated heterocycles. The van der Waals surface area contributed by atoms with E-state index in [1.54, 1.807) is 24.2 Å². The molecule has 2 rings (SSSR count). The average molecular weight is 249 g/mol. The topological polar surface area (TPSA) is 68.5 Å². The largest absolute Gasteiger partial charge is 0.376 e. The van der Waals surface area contributed by atoms with Crippen LogP contribution in [0, 0.1) is 0 Å². The first-order chi connectivity index (χ1) is 8.70. The number of rotatable bonds is 4. The second-order valence-corrected chi connectivity index (χ2v) is 4.58. The zero-order valence-electron chi connectivity index (χ0n) is 10.6. The fraction of sp³-hybridized carbons (Fsp3) is 0.538. The molecule has 1 fully saturated rings. The Labute approximate surface area is 107 Å². The number of hydrogen-bond acceptors (Lipinski definition) is 4. The fourth-order valence-corrected chi connectivity index (χ4v) is 2.04. The van der Waals surface area contributed by atoms with Crippen LogP contribution in [0.15, 0.2) is 18.3 Å². The van der Waals surface area contributed by atoms with Crippen LogP contribution in [-0.4, -0.2) is 42.1 Å². The molecule has 0 radical (unpaired) electrons. The molecule has 1 amide bonds. The maximum Gasteiger partial charge on any atom is 0.272 e. The van der Waals surface area contributed by atoms with Crippen LogP contribution in [-0.2, 0) is 11.3 Å². The number of nitrogens with two attached hydrogens (primary N) is 1. The van der Waals surface area contributed by atoms with E-state index >= 15 is 0 Å². The van der Waals surface area contributed by atoms with Gasteiger partial charge >= 0.3 is 0 Å². The molecule has 0 saturated carbocycles. The van der Waals surface area contributed by atoms with Gasteiger partial charge in [-0.3, -0.25) is 9.78 Å². The third-order valence-corrected chi connectivity index (χ3v) is 3.13. The molecule has 1 aliphatic rings. The SMILES string of the molecule is CN(CC1CCCO1)C(=O)c1ccc(CN)cn1. The van der Waals surface area contributed by atoms with Crippen LogP contribution in [0.25, 0.3) is 0 Å². The normalized spacial score (nSPS) is 18.9. The van der Waals surface area contributed by atoms with Crippen molar-refractivity contribution in [3.05, 3.63) is 29.6 Å². The third kappa shape index (κ3) is 3.05. The molecule has 0 aromatic carbocycles. The summed E-state index contributed by atoms with van der Waals surface area (Å²) >= 11 is 0. The van der Waals surface area contributed by atoms with Crippen LogP contribution < -0.4 is 5.73 Å². The number of carbonyl (C=O) groups is 1.